The van der Waals surface area contributed by atoms with Crippen LogP contribution in [0.5, 0.6) is 11.5 Å². The van der Waals surface area contributed by atoms with Crippen molar-refractivity contribution in [2.24, 2.45) is 5.92 Å². The van der Waals surface area contributed by atoms with E-state index in [1.54, 1.807) is 12.1 Å². The van der Waals surface area contributed by atoms with Crippen molar-refractivity contribution < 1.29 is 22.7 Å². The molecule has 2 aliphatic rings. The fourth-order valence-corrected chi connectivity index (χ4v) is 5.65. The molecule has 0 spiro atoms. The van der Waals surface area contributed by atoms with E-state index in [0.29, 0.717) is 18.9 Å². The highest BCUT2D eigenvalue weighted by molar-refractivity contribution is 7.88. The number of ether oxygens (including phenoxy) is 1. The van der Waals surface area contributed by atoms with E-state index in [1.165, 1.54) is 10.6 Å². The third-order valence-electron chi connectivity index (χ3n) is 6.19. The van der Waals surface area contributed by atoms with Crippen LogP contribution in [0.25, 0.3) is 0 Å². The quantitative estimate of drug-likeness (QED) is 0.705. The molecule has 1 N–H and O–H groups in total. The molecule has 2 unspecified atom stereocenters. The molecule has 4 rings (SSSR count). The summed E-state index contributed by atoms with van der Waals surface area (Å²) < 4.78 is 45.0. The molecule has 0 bridgehead atoms. The molecule has 2 aliphatic heterocycles. The number of likely N-dealkylation sites (tertiary alicyclic amines) is 1. The molecular formula is C23H29FN2O4S. The lowest BCUT2D eigenvalue weighted by atomic mass is 9.84. The number of alkyl halides is 1. The van der Waals surface area contributed by atoms with Crippen molar-refractivity contribution in [2.75, 3.05) is 45.7 Å². The van der Waals surface area contributed by atoms with Gasteiger partial charge in [-0.2, -0.15) is 4.31 Å². The first-order chi connectivity index (χ1) is 14.8. The summed E-state index contributed by atoms with van der Waals surface area (Å²) in [4.78, 5) is 2.16. The standard InChI is InChI=1S/C23H29FN2O4S/c1-16-13-26(31(2,28)29)23(21-8-5-19(27)11-22(16)21)18-3-6-20(7-4-18)30-10-9-25-14-17(12-24)15-25/h3-8,11,16-17,23,27H,9-10,12-15H2,1-2H3. The number of fused-ring (bicyclic) bond motifs is 1. The number of hydrogen-bond donors (Lipinski definition) is 1. The molecule has 2 aromatic rings. The predicted molar refractivity (Wildman–Crippen MR) is 118 cm³/mol. The number of hydrogen-bond acceptors (Lipinski definition) is 5. The van der Waals surface area contributed by atoms with Crippen molar-refractivity contribution in [2.45, 2.75) is 18.9 Å². The van der Waals surface area contributed by atoms with Crippen LogP contribution < -0.4 is 4.74 Å². The maximum Gasteiger partial charge on any atom is 0.212 e. The van der Waals surface area contributed by atoms with E-state index >= 15 is 0 Å². The molecule has 1 fully saturated rings. The Labute approximate surface area is 183 Å². The fraction of sp³-hybridized carbons (Fsp3) is 0.478. The molecule has 31 heavy (non-hydrogen) atoms. The SMILES string of the molecule is CC1CN(S(C)(=O)=O)C(c2ccc(OCCN3CC(CF)C3)cc2)c2ccc(O)cc21. The summed E-state index contributed by atoms with van der Waals surface area (Å²) in [5.41, 5.74) is 2.70. The maximum absolute atomic E-state index is 12.6. The second kappa shape index (κ2) is 8.76. The average molecular weight is 449 g/mol. The summed E-state index contributed by atoms with van der Waals surface area (Å²) in [6.07, 6.45) is 1.23. The zero-order valence-corrected chi connectivity index (χ0v) is 18.7. The number of aromatic hydroxyl groups is 1. The van der Waals surface area contributed by atoms with Crippen LogP contribution in [-0.4, -0.2) is 68.4 Å². The Morgan fingerprint density at radius 3 is 2.45 bits per heavy atom. The Balaban J connectivity index is 1.52. The van der Waals surface area contributed by atoms with Gasteiger partial charge < -0.3 is 9.84 Å². The highest BCUT2D eigenvalue weighted by atomic mass is 32.2. The molecule has 2 atom stereocenters. The van der Waals surface area contributed by atoms with Gasteiger partial charge in [-0.25, -0.2) is 8.42 Å². The van der Waals surface area contributed by atoms with E-state index in [2.05, 4.69) is 4.90 Å². The van der Waals surface area contributed by atoms with E-state index in [4.69, 9.17) is 4.74 Å². The third-order valence-corrected chi connectivity index (χ3v) is 7.40. The first kappa shape index (κ1) is 22.0. The number of nitrogens with zero attached hydrogens (tertiary/aromatic N) is 2. The van der Waals surface area contributed by atoms with Crippen molar-refractivity contribution >= 4 is 10.0 Å². The molecule has 0 aromatic heterocycles. The lowest BCUT2D eigenvalue weighted by Gasteiger charge is -2.39. The maximum atomic E-state index is 12.6. The lowest BCUT2D eigenvalue weighted by molar-refractivity contribution is 0.0668. The number of rotatable bonds is 7. The molecule has 0 aliphatic carbocycles. The van der Waals surface area contributed by atoms with E-state index in [9.17, 15) is 17.9 Å². The van der Waals surface area contributed by atoms with E-state index in [1.807, 2.05) is 37.3 Å². The normalized spacial score (nSPS) is 22.7. The Bertz CT molecular complexity index is 1020. The molecule has 8 heteroatoms. The number of phenolic OH excluding ortho intramolecular Hbond substituents is 1. The summed E-state index contributed by atoms with van der Waals surface area (Å²) in [5, 5.41) is 9.93. The lowest BCUT2D eigenvalue weighted by Crippen LogP contribution is -2.49. The van der Waals surface area contributed by atoms with Gasteiger partial charge in [-0.05, 0) is 46.9 Å². The van der Waals surface area contributed by atoms with Gasteiger partial charge in [0.2, 0.25) is 10.0 Å². The highest BCUT2D eigenvalue weighted by Gasteiger charge is 2.37. The van der Waals surface area contributed by atoms with Gasteiger partial charge in [-0.1, -0.05) is 25.1 Å². The van der Waals surface area contributed by atoms with Gasteiger partial charge in [0.15, 0.2) is 0 Å². The van der Waals surface area contributed by atoms with Gasteiger partial charge >= 0.3 is 0 Å². The number of halogens is 1. The monoisotopic (exact) mass is 448 g/mol. The Hall–Kier alpha value is -2.16. The Morgan fingerprint density at radius 2 is 1.81 bits per heavy atom. The van der Waals surface area contributed by atoms with E-state index < -0.39 is 16.1 Å². The van der Waals surface area contributed by atoms with Crippen LogP contribution in [0, 0.1) is 5.92 Å². The second-order valence-electron chi connectivity index (χ2n) is 8.65. The van der Waals surface area contributed by atoms with Gasteiger partial charge in [0.05, 0.1) is 19.0 Å². The minimum Gasteiger partial charge on any atom is -0.508 e. The molecule has 1 saturated heterocycles. The Kier molecular flexibility index (Phi) is 6.23. The summed E-state index contributed by atoms with van der Waals surface area (Å²) in [7, 11) is -3.44. The van der Waals surface area contributed by atoms with Crippen molar-refractivity contribution in [3.05, 3.63) is 59.2 Å². The van der Waals surface area contributed by atoms with E-state index in [-0.39, 0.29) is 24.3 Å². The van der Waals surface area contributed by atoms with Crippen LogP contribution in [0.3, 0.4) is 0 Å². The van der Waals surface area contributed by atoms with Crippen LogP contribution in [-0.2, 0) is 10.0 Å². The molecule has 0 amide bonds. The van der Waals surface area contributed by atoms with Gasteiger partial charge in [-0.15, -0.1) is 0 Å². The molecule has 0 radical (unpaired) electrons. The largest absolute Gasteiger partial charge is 0.508 e. The predicted octanol–water partition coefficient (Wildman–Crippen LogP) is 3.14. The van der Waals surface area contributed by atoms with Crippen LogP contribution in [0.1, 0.15) is 35.6 Å². The molecular weight excluding hydrogens is 419 g/mol. The number of benzene rings is 2. The van der Waals surface area contributed by atoms with Crippen LogP contribution in [0.15, 0.2) is 42.5 Å². The first-order valence-electron chi connectivity index (χ1n) is 10.6. The molecule has 2 heterocycles. The third kappa shape index (κ3) is 4.71. The average Bonchev–Trinajstić information content (AvgIpc) is 2.70. The molecule has 168 valence electrons. The zero-order valence-electron chi connectivity index (χ0n) is 17.9. The number of sulfonamides is 1. The minimum atomic E-state index is -3.44. The zero-order chi connectivity index (χ0) is 22.2. The van der Waals surface area contributed by atoms with Gasteiger partial charge in [0.1, 0.15) is 18.1 Å². The first-order valence-corrected chi connectivity index (χ1v) is 12.4. The van der Waals surface area contributed by atoms with Gasteiger partial charge in [0, 0.05) is 32.1 Å². The fourth-order valence-electron chi connectivity index (χ4n) is 4.54. The number of phenols is 1. The molecule has 6 nitrogen and oxygen atoms in total. The van der Waals surface area contributed by atoms with Crippen molar-refractivity contribution in [1.29, 1.82) is 0 Å². The summed E-state index contributed by atoms with van der Waals surface area (Å²) >= 11 is 0. The second-order valence-corrected chi connectivity index (χ2v) is 10.6. The minimum absolute atomic E-state index is 0.0193. The van der Waals surface area contributed by atoms with Crippen molar-refractivity contribution in [3.63, 3.8) is 0 Å². The summed E-state index contributed by atoms with van der Waals surface area (Å²) in [6, 6.07) is 12.2. The highest BCUT2D eigenvalue weighted by Crippen LogP contribution is 2.42. The summed E-state index contributed by atoms with van der Waals surface area (Å²) in [5.74, 6) is 1.04. The molecule has 0 saturated carbocycles. The summed E-state index contributed by atoms with van der Waals surface area (Å²) in [6.45, 7) is 4.93. The smallest absolute Gasteiger partial charge is 0.212 e. The Morgan fingerprint density at radius 1 is 1.10 bits per heavy atom. The van der Waals surface area contributed by atoms with Crippen LogP contribution in [0.4, 0.5) is 4.39 Å². The topological polar surface area (TPSA) is 70.1 Å². The van der Waals surface area contributed by atoms with Gasteiger partial charge in [0.25, 0.3) is 0 Å². The van der Waals surface area contributed by atoms with Crippen molar-refractivity contribution in [1.82, 2.24) is 9.21 Å². The van der Waals surface area contributed by atoms with Crippen LogP contribution in [0.2, 0.25) is 0 Å². The van der Waals surface area contributed by atoms with Crippen molar-refractivity contribution in [3.8, 4) is 11.5 Å². The van der Waals surface area contributed by atoms with E-state index in [0.717, 1.165) is 36.3 Å². The molecule has 2 aromatic carbocycles. The van der Waals surface area contributed by atoms with Gasteiger partial charge in [-0.3, -0.25) is 9.29 Å². The van der Waals surface area contributed by atoms with Crippen LogP contribution >= 0.6 is 0 Å².